The van der Waals surface area contributed by atoms with Crippen molar-refractivity contribution < 1.29 is 9.90 Å². The number of hydrogen-bond acceptors (Lipinski definition) is 3. The third kappa shape index (κ3) is 2.21. The van der Waals surface area contributed by atoms with Crippen LogP contribution in [0.5, 0.6) is 5.75 Å². The molecule has 0 fully saturated rings. The van der Waals surface area contributed by atoms with Crippen LogP contribution in [0.4, 0.5) is 5.69 Å². The number of rotatable bonds is 2. The lowest BCUT2D eigenvalue weighted by molar-refractivity contribution is -0.116. The number of carbonyl (C=O) groups excluding carboxylic acids is 1. The summed E-state index contributed by atoms with van der Waals surface area (Å²) in [5.41, 5.74) is 6.46. The summed E-state index contributed by atoms with van der Waals surface area (Å²) in [6, 6.07) is 4.70. The monoisotopic (exact) mass is 243 g/mol. The molecule has 0 radical (unpaired) electrons. The number of phenolic OH excluding ortho intramolecular Hbond substituents is 1. The fourth-order valence-electron chi connectivity index (χ4n) is 0.994. The maximum atomic E-state index is 11.0. The molecular formula is C9H10BrNO2. The number of Topliss-reactive ketones (excluding diaryl/α,β-unsaturated/α-hetero) is 1. The summed E-state index contributed by atoms with van der Waals surface area (Å²) in [4.78, 5) is 10.5. The highest BCUT2D eigenvalue weighted by atomic mass is 79.9. The molecule has 1 atom stereocenters. The molecule has 3 nitrogen and oxygen atoms in total. The Labute approximate surface area is 84.7 Å². The predicted octanol–water partition coefficient (Wildman–Crippen LogP) is 2.00. The molecule has 0 heterocycles. The third-order valence-corrected chi connectivity index (χ3v) is 2.82. The maximum absolute atomic E-state index is 11.0. The van der Waals surface area contributed by atoms with Gasteiger partial charge < -0.3 is 10.8 Å². The average Bonchev–Trinajstić information content (AvgIpc) is 2.03. The molecule has 0 saturated carbocycles. The summed E-state index contributed by atoms with van der Waals surface area (Å²) in [6.07, 6.45) is 0. The van der Waals surface area contributed by atoms with Gasteiger partial charge >= 0.3 is 0 Å². The quantitative estimate of drug-likeness (QED) is 0.617. The summed E-state index contributed by atoms with van der Waals surface area (Å²) in [5, 5.41) is 9.45. The van der Waals surface area contributed by atoms with Crippen LogP contribution < -0.4 is 5.73 Å². The zero-order chi connectivity index (χ0) is 10.0. The van der Waals surface area contributed by atoms with Gasteiger partial charge in [-0.05, 0) is 13.0 Å². The van der Waals surface area contributed by atoms with Crippen LogP contribution in [-0.4, -0.2) is 10.9 Å². The maximum Gasteiger partial charge on any atom is 0.147 e. The van der Waals surface area contributed by atoms with Crippen molar-refractivity contribution in [1.29, 1.82) is 0 Å². The van der Waals surface area contributed by atoms with Gasteiger partial charge in [-0.3, -0.25) is 4.79 Å². The Morgan fingerprint density at radius 2 is 2.23 bits per heavy atom. The molecule has 0 bridgehead atoms. The highest BCUT2D eigenvalue weighted by Crippen LogP contribution is 2.32. The summed E-state index contributed by atoms with van der Waals surface area (Å²) in [5.74, 6) is -0.0165. The van der Waals surface area contributed by atoms with E-state index in [4.69, 9.17) is 5.73 Å². The van der Waals surface area contributed by atoms with Gasteiger partial charge in [0.15, 0.2) is 0 Å². The second-order valence-electron chi connectivity index (χ2n) is 2.79. The number of benzene rings is 1. The van der Waals surface area contributed by atoms with E-state index >= 15 is 0 Å². The molecule has 0 aliphatic rings. The highest BCUT2D eigenvalue weighted by molar-refractivity contribution is 9.09. The van der Waals surface area contributed by atoms with E-state index in [0.29, 0.717) is 11.3 Å². The summed E-state index contributed by atoms with van der Waals surface area (Å²) < 4.78 is 0. The van der Waals surface area contributed by atoms with E-state index in [2.05, 4.69) is 15.9 Å². The fraction of sp³-hybridized carbons (Fsp3) is 0.222. The Balaban J connectivity index is 3.08. The Kier molecular flexibility index (Phi) is 2.93. The molecule has 0 aromatic heterocycles. The van der Waals surface area contributed by atoms with Gasteiger partial charge in [0.25, 0.3) is 0 Å². The third-order valence-electron chi connectivity index (χ3n) is 1.68. The standard InChI is InChI=1S/C9H10BrNO2/c1-5(12)9(10)7-3-2-6(11)4-8(7)13/h2-4,9,13H,11H2,1H3. The number of nitrogen functional groups attached to an aromatic ring is 1. The number of halogens is 1. The normalized spacial score (nSPS) is 12.5. The SMILES string of the molecule is CC(=O)C(Br)c1ccc(N)cc1O. The molecule has 70 valence electrons. The first-order valence-corrected chi connectivity index (χ1v) is 4.67. The Bertz CT molecular complexity index is 338. The molecule has 0 saturated heterocycles. The van der Waals surface area contributed by atoms with Crippen molar-refractivity contribution in [3.8, 4) is 5.75 Å². The van der Waals surface area contributed by atoms with E-state index in [9.17, 15) is 9.90 Å². The Morgan fingerprint density at radius 1 is 1.62 bits per heavy atom. The van der Waals surface area contributed by atoms with Crippen LogP contribution in [0.2, 0.25) is 0 Å². The number of carbonyl (C=O) groups is 1. The van der Waals surface area contributed by atoms with Gasteiger partial charge in [0, 0.05) is 17.3 Å². The first kappa shape index (κ1) is 10.1. The van der Waals surface area contributed by atoms with E-state index in [1.54, 1.807) is 12.1 Å². The lowest BCUT2D eigenvalue weighted by Gasteiger charge is -2.08. The number of phenols is 1. The van der Waals surface area contributed by atoms with Gasteiger partial charge in [0.05, 0.1) is 0 Å². The zero-order valence-corrected chi connectivity index (χ0v) is 8.71. The Hall–Kier alpha value is -1.03. The fourth-order valence-corrected chi connectivity index (χ4v) is 1.38. The minimum Gasteiger partial charge on any atom is -0.508 e. The van der Waals surface area contributed by atoms with Crippen LogP contribution >= 0.6 is 15.9 Å². The molecule has 0 spiro atoms. The molecule has 1 unspecified atom stereocenters. The highest BCUT2D eigenvalue weighted by Gasteiger charge is 2.16. The van der Waals surface area contributed by atoms with Gasteiger partial charge in [-0.15, -0.1) is 0 Å². The van der Waals surface area contributed by atoms with Crippen LogP contribution in [0.3, 0.4) is 0 Å². The van der Waals surface area contributed by atoms with Crippen LogP contribution in [-0.2, 0) is 4.79 Å². The number of aromatic hydroxyl groups is 1. The molecule has 4 heteroatoms. The summed E-state index contributed by atoms with van der Waals surface area (Å²) in [7, 11) is 0. The van der Waals surface area contributed by atoms with Crippen molar-refractivity contribution in [3.05, 3.63) is 23.8 Å². The van der Waals surface area contributed by atoms with Gasteiger partial charge in [0.1, 0.15) is 16.4 Å². The average molecular weight is 244 g/mol. The first-order chi connectivity index (χ1) is 6.02. The molecule has 1 aromatic rings. The summed E-state index contributed by atoms with van der Waals surface area (Å²) >= 11 is 3.18. The van der Waals surface area contributed by atoms with E-state index in [1.807, 2.05) is 0 Å². The second kappa shape index (κ2) is 3.79. The van der Waals surface area contributed by atoms with E-state index in [0.717, 1.165) is 0 Å². The Morgan fingerprint density at radius 3 is 2.69 bits per heavy atom. The number of hydrogen-bond donors (Lipinski definition) is 2. The van der Waals surface area contributed by atoms with E-state index in [1.165, 1.54) is 13.0 Å². The van der Waals surface area contributed by atoms with E-state index in [-0.39, 0.29) is 11.5 Å². The number of anilines is 1. The minimum absolute atomic E-state index is 0.0390. The first-order valence-electron chi connectivity index (χ1n) is 3.75. The van der Waals surface area contributed by atoms with E-state index < -0.39 is 4.83 Å². The van der Waals surface area contributed by atoms with Crippen molar-refractivity contribution in [1.82, 2.24) is 0 Å². The second-order valence-corrected chi connectivity index (χ2v) is 3.71. The van der Waals surface area contributed by atoms with Crippen LogP contribution in [0.1, 0.15) is 17.3 Å². The summed E-state index contributed by atoms with van der Waals surface area (Å²) in [6.45, 7) is 1.45. The van der Waals surface area contributed by atoms with Crippen LogP contribution in [0.25, 0.3) is 0 Å². The molecule has 13 heavy (non-hydrogen) atoms. The topological polar surface area (TPSA) is 63.3 Å². The van der Waals surface area contributed by atoms with Gasteiger partial charge in [-0.1, -0.05) is 22.0 Å². The lowest BCUT2D eigenvalue weighted by atomic mass is 10.1. The van der Waals surface area contributed by atoms with Crippen molar-refractivity contribution in [2.75, 3.05) is 5.73 Å². The van der Waals surface area contributed by atoms with Crippen LogP contribution in [0, 0.1) is 0 Å². The minimum atomic E-state index is -0.465. The largest absolute Gasteiger partial charge is 0.508 e. The van der Waals surface area contributed by atoms with Gasteiger partial charge in [-0.25, -0.2) is 0 Å². The molecule has 0 aliphatic heterocycles. The molecule has 1 rings (SSSR count). The predicted molar refractivity (Wildman–Crippen MR) is 54.9 cm³/mol. The van der Waals surface area contributed by atoms with Gasteiger partial charge in [0.2, 0.25) is 0 Å². The number of nitrogens with two attached hydrogens (primary N) is 1. The molecule has 0 amide bonds. The molecular weight excluding hydrogens is 234 g/mol. The molecule has 1 aromatic carbocycles. The number of alkyl halides is 1. The molecule has 3 N–H and O–H groups in total. The van der Waals surface area contributed by atoms with Crippen molar-refractivity contribution in [2.24, 2.45) is 0 Å². The zero-order valence-electron chi connectivity index (χ0n) is 7.12. The van der Waals surface area contributed by atoms with Crippen molar-refractivity contribution >= 4 is 27.4 Å². The lowest BCUT2D eigenvalue weighted by Crippen LogP contribution is -2.01. The molecule has 0 aliphatic carbocycles. The van der Waals surface area contributed by atoms with Crippen LogP contribution in [0.15, 0.2) is 18.2 Å². The van der Waals surface area contributed by atoms with Crippen molar-refractivity contribution in [2.45, 2.75) is 11.8 Å². The van der Waals surface area contributed by atoms with Crippen molar-refractivity contribution in [3.63, 3.8) is 0 Å². The number of ketones is 1. The smallest absolute Gasteiger partial charge is 0.147 e. The van der Waals surface area contributed by atoms with Gasteiger partial charge in [-0.2, -0.15) is 0 Å².